The lowest BCUT2D eigenvalue weighted by Gasteiger charge is -2.24. The highest BCUT2D eigenvalue weighted by atomic mass is 35.5. The first kappa shape index (κ1) is 27.8. The predicted octanol–water partition coefficient (Wildman–Crippen LogP) is 6.07. The Morgan fingerprint density at radius 1 is 0.972 bits per heavy atom. The molecule has 1 N–H and O–H groups in total. The lowest BCUT2D eigenvalue weighted by molar-refractivity contribution is 0.0947. The van der Waals surface area contributed by atoms with Crippen LogP contribution in [0.4, 0.5) is 5.69 Å². The maximum Gasteiger partial charge on any atom is 0.251 e. The molecule has 0 spiro atoms. The molecule has 0 aromatic heterocycles. The molecule has 0 aliphatic rings. The number of hydrogen-bond acceptors (Lipinski definition) is 4. The van der Waals surface area contributed by atoms with E-state index in [4.69, 9.17) is 27.9 Å². The van der Waals surface area contributed by atoms with E-state index in [0.29, 0.717) is 35.0 Å². The maximum atomic E-state index is 12.5. The molecule has 3 aromatic rings. The van der Waals surface area contributed by atoms with E-state index in [0.717, 1.165) is 12.0 Å². The van der Waals surface area contributed by atoms with Gasteiger partial charge in [0.1, 0.15) is 12.4 Å². The van der Waals surface area contributed by atoms with Gasteiger partial charge in [0.2, 0.25) is 10.0 Å². The van der Waals surface area contributed by atoms with Gasteiger partial charge in [0.25, 0.3) is 5.91 Å². The largest absolute Gasteiger partial charge is 0.492 e. The standard InChI is InChI=1S/C27H30Cl2N2O4S/c1-27(2,3)21-9-12-23(13-10-21)35-16-15-30-26(32)20-7-5-19(6-8-20)18-31(36(4,33)34)25-17-22(28)11-14-24(25)29/h5-14,17H,15-16,18H2,1-4H3,(H,30,32). The van der Waals surface area contributed by atoms with Crippen LogP contribution in [-0.2, 0) is 22.0 Å². The van der Waals surface area contributed by atoms with Gasteiger partial charge in [-0.3, -0.25) is 9.10 Å². The third kappa shape index (κ3) is 7.63. The Balaban J connectivity index is 1.56. The van der Waals surface area contributed by atoms with Gasteiger partial charge in [-0.2, -0.15) is 0 Å². The third-order valence-corrected chi connectivity index (χ3v) is 7.18. The van der Waals surface area contributed by atoms with Crippen molar-refractivity contribution in [3.8, 4) is 5.75 Å². The Morgan fingerprint density at radius 2 is 1.61 bits per heavy atom. The molecule has 0 aliphatic carbocycles. The number of nitrogens with zero attached hydrogens (tertiary/aromatic N) is 1. The molecule has 3 aromatic carbocycles. The highest BCUT2D eigenvalue weighted by molar-refractivity contribution is 7.92. The summed E-state index contributed by atoms with van der Waals surface area (Å²) in [6, 6.07) is 19.3. The molecule has 3 rings (SSSR count). The highest BCUT2D eigenvalue weighted by Crippen LogP contribution is 2.32. The first-order valence-corrected chi connectivity index (χ1v) is 14.0. The van der Waals surface area contributed by atoms with Gasteiger partial charge in [0.15, 0.2) is 0 Å². The fourth-order valence-electron chi connectivity index (χ4n) is 3.47. The van der Waals surface area contributed by atoms with Crippen LogP contribution >= 0.6 is 23.2 Å². The van der Waals surface area contributed by atoms with Crippen LogP contribution in [0, 0.1) is 0 Å². The summed E-state index contributed by atoms with van der Waals surface area (Å²) in [5, 5.41) is 3.47. The van der Waals surface area contributed by atoms with Crippen LogP contribution in [0.15, 0.2) is 66.7 Å². The summed E-state index contributed by atoms with van der Waals surface area (Å²) in [7, 11) is -3.63. The Kier molecular flexibility index (Phi) is 8.93. The second-order valence-corrected chi connectivity index (χ2v) is 12.2. The van der Waals surface area contributed by atoms with Gasteiger partial charge in [-0.1, -0.05) is 68.2 Å². The monoisotopic (exact) mass is 548 g/mol. The minimum atomic E-state index is -3.63. The summed E-state index contributed by atoms with van der Waals surface area (Å²) in [6.07, 6.45) is 1.10. The summed E-state index contributed by atoms with van der Waals surface area (Å²) >= 11 is 12.3. The number of rotatable bonds is 9. The summed E-state index contributed by atoms with van der Waals surface area (Å²) in [6.45, 7) is 7.19. The smallest absolute Gasteiger partial charge is 0.251 e. The summed E-state index contributed by atoms with van der Waals surface area (Å²) in [5.41, 5.74) is 2.74. The summed E-state index contributed by atoms with van der Waals surface area (Å²) < 4.78 is 31.8. The van der Waals surface area contributed by atoms with Gasteiger partial charge in [-0.05, 0) is 59.0 Å². The number of ether oxygens (including phenoxy) is 1. The number of benzene rings is 3. The molecule has 0 saturated heterocycles. The highest BCUT2D eigenvalue weighted by Gasteiger charge is 2.21. The first-order valence-electron chi connectivity index (χ1n) is 11.4. The average Bonchev–Trinajstić information content (AvgIpc) is 2.81. The number of anilines is 1. The quantitative estimate of drug-likeness (QED) is 0.329. The van der Waals surface area contributed by atoms with E-state index in [9.17, 15) is 13.2 Å². The average molecular weight is 550 g/mol. The molecule has 0 unspecified atom stereocenters. The van der Waals surface area contributed by atoms with Crippen LogP contribution in [-0.4, -0.2) is 33.7 Å². The van der Waals surface area contributed by atoms with E-state index in [1.54, 1.807) is 36.4 Å². The number of amides is 1. The number of halogens is 2. The van der Waals surface area contributed by atoms with Crippen molar-refractivity contribution in [3.05, 3.63) is 93.5 Å². The van der Waals surface area contributed by atoms with Crippen LogP contribution in [0.25, 0.3) is 0 Å². The number of carbonyl (C=O) groups excluding carboxylic acids is 1. The van der Waals surface area contributed by atoms with Crippen molar-refractivity contribution in [1.29, 1.82) is 0 Å². The van der Waals surface area contributed by atoms with Crippen LogP contribution < -0.4 is 14.4 Å². The van der Waals surface area contributed by atoms with Crippen molar-refractivity contribution < 1.29 is 17.9 Å². The zero-order chi connectivity index (χ0) is 26.5. The molecule has 0 heterocycles. The van der Waals surface area contributed by atoms with Crippen LogP contribution in [0.2, 0.25) is 10.0 Å². The van der Waals surface area contributed by atoms with Gasteiger partial charge in [-0.25, -0.2) is 8.42 Å². The second-order valence-electron chi connectivity index (χ2n) is 9.44. The molecular weight excluding hydrogens is 519 g/mol. The Bertz CT molecular complexity index is 1300. The van der Waals surface area contributed by atoms with E-state index in [2.05, 4.69) is 26.1 Å². The normalized spacial score (nSPS) is 11.7. The van der Waals surface area contributed by atoms with Gasteiger partial charge in [0.05, 0.1) is 30.1 Å². The van der Waals surface area contributed by atoms with Gasteiger partial charge in [0, 0.05) is 10.6 Å². The van der Waals surface area contributed by atoms with Crippen LogP contribution in [0.3, 0.4) is 0 Å². The lowest BCUT2D eigenvalue weighted by atomic mass is 9.87. The van der Waals surface area contributed by atoms with Gasteiger partial charge >= 0.3 is 0 Å². The summed E-state index contributed by atoms with van der Waals surface area (Å²) in [5.74, 6) is 0.503. The first-order chi connectivity index (χ1) is 16.8. The number of carbonyl (C=O) groups is 1. The van der Waals surface area contributed by atoms with Gasteiger partial charge < -0.3 is 10.1 Å². The molecule has 0 fully saturated rings. The van der Waals surface area contributed by atoms with Crippen molar-refractivity contribution in [2.45, 2.75) is 32.7 Å². The second kappa shape index (κ2) is 11.5. The van der Waals surface area contributed by atoms with E-state index >= 15 is 0 Å². The minimum Gasteiger partial charge on any atom is -0.492 e. The van der Waals surface area contributed by atoms with E-state index in [1.807, 2.05) is 24.3 Å². The molecule has 36 heavy (non-hydrogen) atoms. The maximum absolute atomic E-state index is 12.5. The van der Waals surface area contributed by atoms with Gasteiger partial charge in [-0.15, -0.1) is 0 Å². The van der Waals surface area contributed by atoms with Crippen molar-refractivity contribution in [3.63, 3.8) is 0 Å². The zero-order valence-corrected chi connectivity index (χ0v) is 23.0. The summed E-state index contributed by atoms with van der Waals surface area (Å²) in [4.78, 5) is 12.5. The van der Waals surface area contributed by atoms with Crippen LogP contribution in [0.1, 0.15) is 42.3 Å². The fourth-order valence-corrected chi connectivity index (χ4v) is 4.80. The molecule has 1 amide bonds. The lowest BCUT2D eigenvalue weighted by Crippen LogP contribution is -2.30. The van der Waals surface area contributed by atoms with E-state index < -0.39 is 10.0 Å². The molecule has 0 saturated carbocycles. The topological polar surface area (TPSA) is 75.7 Å². The fraction of sp³-hybridized carbons (Fsp3) is 0.296. The molecule has 0 bridgehead atoms. The number of sulfonamides is 1. The molecule has 0 aliphatic heterocycles. The number of nitrogens with one attached hydrogen (secondary N) is 1. The SMILES string of the molecule is CC(C)(C)c1ccc(OCCNC(=O)c2ccc(CN(c3cc(Cl)ccc3Cl)S(C)(=O)=O)cc2)cc1. The molecule has 192 valence electrons. The van der Waals surface area contributed by atoms with E-state index in [1.165, 1.54) is 15.9 Å². The predicted molar refractivity (Wildman–Crippen MR) is 147 cm³/mol. The Labute approximate surface area is 223 Å². The minimum absolute atomic E-state index is 0.0443. The number of hydrogen-bond donors (Lipinski definition) is 1. The molecule has 9 heteroatoms. The van der Waals surface area contributed by atoms with E-state index in [-0.39, 0.29) is 22.9 Å². The Hall–Kier alpha value is -2.74. The molecule has 6 nitrogen and oxygen atoms in total. The van der Waals surface area contributed by atoms with Crippen molar-refractivity contribution in [2.75, 3.05) is 23.7 Å². The molecular formula is C27H30Cl2N2O4S. The molecule has 0 atom stereocenters. The molecule has 0 radical (unpaired) electrons. The van der Waals surface area contributed by atoms with Crippen molar-refractivity contribution >= 4 is 44.8 Å². The van der Waals surface area contributed by atoms with Crippen molar-refractivity contribution in [2.24, 2.45) is 0 Å². The zero-order valence-electron chi connectivity index (χ0n) is 20.7. The van der Waals surface area contributed by atoms with Crippen molar-refractivity contribution in [1.82, 2.24) is 5.32 Å². The Morgan fingerprint density at radius 3 is 2.19 bits per heavy atom. The van der Waals surface area contributed by atoms with Crippen LogP contribution in [0.5, 0.6) is 5.75 Å². The third-order valence-electron chi connectivity index (χ3n) is 5.50.